The van der Waals surface area contributed by atoms with E-state index in [4.69, 9.17) is 9.57 Å². The molecular formula is C9H13NO4. The Morgan fingerprint density at radius 2 is 2.50 bits per heavy atom. The van der Waals surface area contributed by atoms with Crippen molar-refractivity contribution in [1.29, 1.82) is 0 Å². The molecule has 2 rings (SSSR count). The summed E-state index contributed by atoms with van der Waals surface area (Å²) >= 11 is 0. The van der Waals surface area contributed by atoms with Crippen molar-refractivity contribution in [3.05, 3.63) is 0 Å². The average molecular weight is 199 g/mol. The monoisotopic (exact) mass is 199 g/mol. The summed E-state index contributed by atoms with van der Waals surface area (Å²) in [6, 6.07) is 0. The molecule has 0 aromatic carbocycles. The third-order valence-electron chi connectivity index (χ3n) is 2.33. The van der Waals surface area contributed by atoms with Gasteiger partial charge < -0.3 is 9.57 Å². The van der Waals surface area contributed by atoms with Crippen LogP contribution in [0.5, 0.6) is 0 Å². The maximum atomic E-state index is 11.3. The number of rotatable bonds is 3. The van der Waals surface area contributed by atoms with E-state index in [1.807, 2.05) is 6.92 Å². The number of epoxide rings is 1. The molecule has 0 bridgehead atoms. The number of carbonyl (C=O) groups is 2. The van der Waals surface area contributed by atoms with Crippen LogP contribution in [0.4, 0.5) is 0 Å². The zero-order valence-electron chi connectivity index (χ0n) is 8.06. The van der Waals surface area contributed by atoms with Crippen LogP contribution in [0.1, 0.15) is 32.6 Å². The van der Waals surface area contributed by atoms with Crippen molar-refractivity contribution < 1.29 is 19.2 Å². The Balaban J connectivity index is 1.89. The average Bonchev–Trinajstić information content (AvgIpc) is 2.89. The first-order valence-electron chi connectivity index (χ1n) is 4.90. The first kappa shape index (κ1) is 9.45. The summed E-state index contributed by atoms with van der Waals surface area (Å²) in [7, 11) is 0. The third-order valence-corrected chi connectivity index (χ3v) is 2.33. The number of carbonyl (C=O) groups excluding carboxylic acids is 2. The molecule has 5 nitrogen and oxygen atoms in total. The van der Waals surface area contributed by atoms with Crippen LogP contribution in [0, 0.1) is 0 Å². The highest BCUT2D eigenvalue weighted by molar-refractivity contribution is 5.79. The summed E-state index contributed by atoms with van der Waals surface area (Å²) in [4.78, 5) is 27.4. The van der Waals surface area contributed by atoms with Gasteiger partial charge in [-0.15, -0.1) is 5.06 Å². The van der Waals surface area contributed by atoms with Crippen LogP contribution >= 0.6 is 0 Å². The molecule has 5 heteroatoms. The van der Waals surface area contributed by atoms with Gasteiger partial charge in [-0.2, -0.15) is 0 Å². The quantitative estimate of drug-likeness (QED) is 0.624. The van der Waals surface area contributed by atoms with Crippen LogP contribution < -0.4 is 0 Å². The minimum absolute atomic E-state index is 0.0853. The lowest BCUT2D eigenvalue weighted by atomic mass is 10.1. The molecule has 0 radical (unpaired) electrons. The van der Waals surface area contributed by atoms with Crippen molar-refractivity contribution in [1.82, 2.24) is 5.06 Å². The van der Waals surface area contributed by atoms with Gasteiger partial charge in [0.2, 0.25) is 0 Å². The van der Waals surface area contributed by atoms with Crippen molar-refractivity contribution in [3.8, 4) is 0 Å². The van der Waals surface area contributed by atoms with Crippen molar-refractivity contribution >= 4 is 11.9 Å². The molecule has 2 aliphatic rings. The molecule has 0 aromatic rings. The van der Waals surface area contributed by atoms with Gasteiger partial charge in [-0.3, -0.25) is 4.79 Å². The lowest BCUT2D eigenvalue weighted by Gasteiger charge is -2.21. The van der Waals surface area contributed by atoms with Crippen LogP contribution in [0.3, 0.4) is 0 Å². The number of hydroxylamine groups is 2. The van der Waals surface area contributed by atoms with Crippen LogP contribution in [-0.4, -0.2) is 29.3 Å². The van der Waals surface area contributed by atoms with E-state index in [1.165, 1.54) is 0 Å². The summed E-state index contributed by atoms with van der Waals surface area (Å²) in [5, 5.41) is 1.09. The van der Waals surface area contributed by atoms with Gasteiger partial charge in [-0.1, -0.05) is 6.92 Å². The Hall–Kier alpha value is -1.10. The number of amides is 1. The number of nitrogens with zero attached hydrogens (tertiary/aromatic N) is 1. The Bertz CT molecular complexity index is 266. The van der Waals surface area contributed by atoms with Crippen LogP contribution in [0.2, 0.25) is 0 Å². The van der Waals surface area contributed by atoms with Crippen LogP contribution in [0.15, 0.2) is 0 Å². The highest BCUT2D eigenvalue weighted by Gasteiger charge is 2.51. The minimum atomic E-state index is -0.364. The van der Waals surface area contributed by atoms with Gasteiger partial charge in [0, 0.05) is 12.8 Å². The van der Waals surface area contributed by atoms with Gasteiger partial charge in [-0.25, -0.2) is 4.79 Å². The molecule has 0 saturated carbocycles. The predicted molar refractivity (Wildman–Crippen MR) is 45.7 cm³/mol. The molecule has 0 spiro atoms. The number of hydrogen-bond donors (Lipinski definition) is 0. The van der Waals surface area contributed by atoms with Crippen LogP contribution in [0.25, 0.3) is 0 Å². The third kappa shape index (κ3) is 1.72. The molecule has 2 fully saturated rings. The van der Waals surface area contributed by atoms with E-state index >= 15 is 0 Å². The van der Waals surface area contributed by atoms with Gasteiger partial charge >= 0.3 is 5.97 Å². The topological polar surface area (TPSA) is 59.1 Å². The Morgan fingerprint density at radius 1 is 1.71 bits per heavy atom. The summed E-state index contributed by atoms with van der Waals surface area (Å²) in [6.07, 6.45) is 1.97. The second kappa shape index (κ2) is 3.57. The summed E-state index contributed by atoms with van der Waals surface area (Å²) in [5.41, 5.74) is 0. The molecule has 0 aromatic heterocycles. The van der Waals surface area contributed by atoms with E-state index in [1.54, 1.807) is 0 Å². The van der Waals surface area contributed by atoms with Crippen molar-refractivity contribution in [2.24, 2.45) is 0 Å². The van der Waals surface area contributed by atoms with Gasteiger partial charge in [-0.05, 0) is 12.8 Å². The standard InChI is InChI=1S/C9H13NO4/c1-2-3-8(12)14-10-7(11)5-4-6-9(10)13-6/h6,9H,2-5H2,1H3. The fourth-order valence-electron chi connectivity index (χ4n) is 1.53. The molecule has 78 valence electrons. The van der Waals surface area contributed by atoms with E-state index in [9.17, 15) is 9.59 Å². The summed E-state index contributed by atoms with van der Waals surface area (Å²) in [6.45, 7) is 1.88. The lowest BCUT2D eigenvalue weighted by molar-refractivity contribution is -0.208. The first-order valence-corrected chi connectivity index (χ1v) is 4.90. The van der Waals surface area contributed by atoms with Crippen molar-refractivity contribution in [2.75, 3.05) is 0 Å². The summed E-state index contributed by atoms with van der Waals surface area (Å²) < 4.78 is 5.17. The van der Waals surface area contributed by atoms with Crippen molar-refractivity contribution in [3.63, 3.8) is 0 Å². The Morgan fingerprint density at radius 3 is 3.21 bits per heavy atom. The fourth-order valence-corrected chi connectivity index (χ4v) is 1.53. The van der Waals surface area contributed by atoms with E-state index in [0.717, 1.165) is 17.9 Å². The maximum absolute atomic E-state index is 11.3. The van der Waals surface area contributed by atoms with Gasteiger partial charge in [0.25, 0.3) is 5.91 Å². The molecule has 1 amide bonds. The van der Waals surface area contributed by atoms with Gasteiger partial charge in [0.1, 0.15) is 6.10 Å². The normalized spacial score (nSPS) is 29.8. The zero-order chi connectivity index (χ0) is 10.1. The largest absolute Gasteiger partial charge is 0.344 e. The molecule has 2 saturated heterocycles. The molecule has 14 heavy (non-hydrogen) atoms. The number of hydrogen-bond acceptors (Lipinski definition) is 4. The lowest BCUT2D eigenvalue weighted by Crippen LogP contribution is -2.39. The highest BCUT2D eigenvalue weighted by Crippen LogP contribution is 2.35. The SMILES string of the molecule is CCCC(=O)ON1C(=O)CCC2OC21. The first-order chi connectivity index (χ1) is 6.72. The van der Waals surface area contributed by atoms with Crippen molar-refractivity contribution in [2.45, 2.75) is 44.9 Å². The highest BCUT2D eigenvalue weighted by atomic mass is 16.8. The number of fused-ring (bicyclic) bond motifs is 1. The molecule has 0 N–H and O–H groups in total. The van der Waals surface area contributed by atoms with E-state index in [-0.39, 0.29) is 24.2 Å². The second-order valence-electron chi connectivity index (χ2n) is 3.54. The molecular weight excluding hydrogens is 186 g/mol. The predicted octanol–water partition coefficient (Wildman–Crippen LogP) is 0.592. The Kier molecular flexibility index (Phi) is 2.41. The molecule has 2 unspecified atom stereocenters. The smallest absolute Gasteiger partial charge is 0.332 e. The second-order valence-corrected chi connectivity index (χ2v) is 3.54. The van der Waals surface area contributed by atoms with E-state index in [2.05, 4.69) is 0 Å². The van der Waals surface area contributed by atoms with Crippen LogP contribution in [-0.2, 0) is 19.2 Å². The van der Waals surface area contributed by atoms with Gasteiger partial charge in [0.15, 0.2) is 6.23 Å². The molecule has 2 aliphatic heterocycles. The maximum Gasteiger partial charge on any atom is 0.332 e. The number of piperidine rings is 1. The summed E-state index contributed by atoms with van der Waals surface area (Å²) in [5.74, 6) is -0.523. The molecule has 2 heterocycles. The fraction of sp³-hybridized carbons (Fsp3) is 0.778. The Labute approximate surface area is 81.9 Å². The number of ether oxygens (including phenoxy) is 1. The molecule has 0 aliphatic carbocycles. The van der Waals surface area contributed by atoms with Gasteiger partial charge in [0.05, 0.1) is 0 Å². The molecule has 2 atom stereocenters. The minimum Gasteiger partial charge on any atom is -0.344 e. The van der Waals surface area contributed by atoms with E-state index in [0.29, 0.717) is 12.8 Å². The van der Waals surface area contributed by atoms with E-state index < -0.39 is 0 Å². The zero-order valence-corrected chi connectivity index (χ0v) is 8.06.